The molecular formula is C10H19N5. The second-order valence-electron chi connectivity index (χ2n) is 3.24. The molecule has 0 fully saturated rings. The van der Waals surface area contributed by atoms with Crippen molar-refractivity contribution in [2.24, 2.45) is 0 Å². The Kier molecular flexibility index (Phi) is 4.80. The maximum Gasteiger partial charge on any atom is 0.244 e. The number of aromatic nitrogens is 3. The minimum atomic E-state index is 0.612. The lowest BCUT2D eigenvalue weighted by molar-refractivity contribution is 0.820. The molecular weight excluding hydrogens is 190 g/mol. The quantitative estimate of drug-likeness (QED) is 0.770. The van der Waals surface area contributed by atoms with Gasteiger partial charge >= 0.3 is 0 Å². The zero-order valence-corrected chi connectivity index (χ0v) is 9.69. The minimum Gasteiger partial charge on any atom is -0.356 e. The molecule has 0 bridgehead atoms. The summed E-state index contributed by atoms with van der Waals surface area (Å²) < 4.78 is 0. The maximum atomic E-state index is 4.39. The van der Waals surface area contributed by atoms with Gasteiger partial charge in [0.1, 0.15) is 0 Å². The molecule has 84 valence electrons. The van der Waals surface area contributed by atoms with Crippen molar-refractivity contribution in [3.8, 4) is 0 Å². The van der Waals surface area contributed by atoms with Crippen LogP contribution in [0.3, 0.4) is 0 Å². The molecule has 0 spiro atoms. The van der Waals surface area contributed by atoms with Crippen LogP contribution in [-0.4, -0.2) is 34.8 Å². The highest BCUT2D eigenvalue weighted by Gasteiger charge is 2.05. The molecule has 0 aliphatic carbocycles. The number of nitrogens with zero attached hydrogens (tertiary/aromatic N) is 4. The van der Waals surface area contributed by atoms with Gasteiger partial charge in [0.05, 0.1) is 6.20 Å². The Balaban J connectivity index is 2.72. The Hall–Kier alpha value is -1.39. The third-order valence-electron chi connectivity index (χ3n) is 2.17. The summed E-state index contributed by atoms with van der Waals surface area (Å²) in [6, 6.07) is 0. The summed E-state index contributed by atoms with van der Waals surface area (Å²) >= 11 is 0. The van der Waals surface area contributed by atoms with Crippen molar-refractivity contribution in [1.29, 1.82) is 0 Å². The predicted octanol–water partition coefficient (Wildman–Crippen LogP) is 1.54. The first kappa shape index (κ1) is 11.7. The normalized spacial score (nSPS) is 10.1. The molecule has 1 rings (SSSR count). The average Bonchev–Trinajstić information content (AvgIpc) is 2.29. The molecule has 0 aliphatic heterocycles. The molecule has 5 heteroatoms. The summed E-state index contributed by atoms with van der Waals surface area (Å²) in [5, 5.41) is 11.0. The number of hydrogen-bond donors (Lipinski definition) is 1. The molecule has 0 saturated heterocycles. The van der Waals surface area contributed by atoms with E-state index in [2.05, 4.69) is 46.2 Å². The Bertz CT molecular complexity index is 285. The Labute approximate surface area is 90.9 Å². The van der Waals surface area contributed by atoms with Crippen LogP contribution in [0.5, 0.6) is 0 Å². The van der Waals surface area contributed by atoms with Crippen LogP contribution < -0.4 is 10.2 Å². The van der Waals surface area contributed by atoms with Crippen LogP contribution in [-0.2, 0) is 0 Å². The molecule has 1 heterocycles. The fraction of sp³-hybridized carbons (Fsp3) is 0.700. The lowest BCUT2D eigenvalue weighted by Gasteiger charge is -2.19. The van der Waals surface area contributed by atoms with E-state index < -0.39 is 0 Å². The van der Waals surface area contributed by atoms with Gasteiger partial charge in [-0.3, -0.25) is 0 Å². The molecule has 0 atom stereocenters. The zero-order chi connectivity index (χ0) is 11.1. The molecule has 0 aromatic carbocycles. The lowest BCUT2D eigenvalue weighted by Crippen LogP contribution is -2.23. The molecule has 1 aromatic rings. The van der Waals surface area contributed by atoms with Crippen LogP contribution in [0.15, 0.2) is 6.20 Å². The van der Waals surface area contributed by atoms with Crippen LogP contribution in [0.1, 0.15) is 27.2 Å². The van der Waals surface area contributed by atoms with Crippen molar-refractivity contribution in [3.63, 3.8) is 0 Å². The van der Waals surface area contributed by atoms with Crippen LogP contribution in [0.4, 0.5) is 11.8 Å². The second kappa shape index (κ2) is 6.16. The maximum absolute atomic E-state index is 4.39. The van der Waals surface area contributed by atoms with Crippen molar-refractivity contribution in [3.05, 3.63) is 6.20 Å². The fourth-order valence-electron chi connectivity index (χ4n) is 1.31. The molecule has 1 aromatic heterocycles. The van der Waals surface area contributed by atoms with Gasteiger partial charge < -0.3 is 10.2 Å². The molecule has 0 saturated carbocycles. The van der Waals surface area contributed by atoms with E-state index in [4.69, 9.17) is 0 Å². The Morgan fingerprint density at radius 2 is 2.00 bits per heavy atom. The van der Waals surface area contributed by atoms with Crippen molar-refractivity contribution >= 4 is 11.8 Å². The number of rotatable bonds is 6. The van der Waals surface area contributed by atoms with Crippen molar-refractivity contribution < 1.29 is 0 Å². The number of hydrogen-bond acceptors (Lipinski definition) is 5. The van der Waals surface area contributed by atoms with Crippen molar-refractivity contribution in [2.75, 3.05) is 29.9 Å². The van der Waals surface area contributed by atoms with E-state index in [0.717, 1.165) is 31.9 Å². The smallest absolute Gasteiger partial charge is 0.244 e. The average molecular weight is 209 g/mol. The molecule has 1 N–H and O–H groups in total. The van der Waals surface area contributed by atoms with Crippen molar-refractivity contribution in [2.45, 2.75) is 27.2 Å². The van der Waals surface area contributed by atoms with Gasteiger partial charge in [0.15, 0.2) is 5.82 Å². The van der Waals surface area contributed by atoms with Gasteiger partial charge in [-0.15, -0.1) is 5.10 Å². The van der Waals surface area contributed by atoms with E-state index >= 15 is 0 Å². The number of nitrogens with one attached hydrogen (secondary N) is 1. The SMILES string of the molecule is CCCNc1nncc(N(CC)CC)n1. The van der Waals surface area contributed by atoms with E-state index in [9.17, 15) is 0 Å². The first-order chi connectivity index (χ1) is 7.31. The molecule has 15 heavy (non-hydrogen) atoms. The van der Waals surface area contributed by atoms with Gasteiger partial charge in [0, 0.05) is 19.6 Å². The molecule has 5 nitrogen and oxygen atoms in total. The molecule has 0 unspecified atom stereocenters. The highest BCUT2D eigenvalue weighted by atomic mass is 15.3. The van der Waals surface area contributed by atoms with Crippen LogP contribution in [0, 0.1) is 0 Å². The van der Waals surface area contributed by atoms with Gasteiger partial charge in [-0.05, 0) is 20.3 Å². The van der Waals surface area contributed by atoms with Crippen molar-refractivity contribution in [1.82, 2.24) is 15.2 Å². The van der Waals surface area contributed by atoms with Gasteiger partial charge in [-0.1, -0.05) is 6.92 Å². The molecule has 0 amide bonds. The van der Waals surface area contributed by atoms with E-state index in [1.165, 1.54) is 0 Å². The monoisotopic (exact) mass is 209 g/mol. The molecule has 0 aliphatic rings. The van der Waals surface area contributed by atoms with E-state index in [-0.39, 0.29) is 0 Å². The highest BCUT2D eigenvalue weighted by Crippen LogP contribution is 2.09. The summed E-state index contributed by atoms with van der Waals surface area (Å²) in [6.45, 7) is 9.05. The summed E-state index contributed by atoms with van der Waals surface area (Å²) in [5.41, 5.74) is 0. The Morgan fingerprint density at radius 3 is 2.60 bits per heavy atom. The lowest BCUT2D eigenvalue weighted by atomic mass is 10.5. The summed E-state index contributed by atoms with van der Waals surface area (Å²) in [4.78, 5) is 6.54. The topological polar surface area (TPSA) is 53.9 Å². The Morgan fingerprint density at radius 1 is 1.27 bits per heavy atom. The van der Waals surface area contributed by atoms with Gasteiger partial charge in [-0.2, -0.15) is 10.1 Å². The van der Waals surface area contributed by atoms with Crippen LogP contribution >= 0.6 is 0 Å². The van der Waals surface area contributed by atoms with Gasteiger partial charge in [-0.25, -0.2) is 0 Å². The first-order valence-corrected chi connectivity index (χ1v) is 5.50. The largest absolute Gasteiger partial charge is 0.356 e. The zero-order valence-electron chi connectivity index (χ0n) is 9.69. The van der Waals surface area contributed by atoms with E-state index in [1.807, 2.05) is 0 Å². The summed E-state index contributed by atoms with van der Waals surface area (Å²) in [6.07, 6.45) is 2.75. The molecule has 0 radical (unpaired) electrons. The summed E-state index contributed by atoms with van der Waals surface area (Å²) in [7, 11) is 0. The standard InChI is InChI=1S/C10H19N5/c1-4-7-11-10-13-9(8-12-14-10)15(5-2)6-3/h8H,4-7H2,1-3H3,(H,11,13,14). The van der Waals surface area contributed by atoms with Gasteiger partial charge in [0.2, 0.25) is 5.95 Å². The third-order valence-corrected chi connectivity index (χ3v) is 2.17. The summed E-state index contributed by atoms with van der Waals surface area (Å²) in [5.74, 6) is 1.50. The van der Waals surface area contributed by atoms with E-state index in [0.29, 0.717) is 5.95 Å². The number of anilines is 2. The van der Waals surface area contributed by atoms with Crippen LogP contribution in [0.25, 0.3) is 0 Å². The highest BCUT2D eigenvalue weighted by molar-refractivity contribution is 5.39. The van der Waals surface area contributed by atoms with Gasteiger partial charge in [0.25, 0.3) is 0 Å². The van der Waals surface area contributed by atoms with E-state index in [1.54, 1.807) is 6.20 Å². The van der Waals surface area contributed by atoms with Crippen LogP contribution in [0.2, 0.25) is 0 Å². The fourth-order valence-corrected chi connectivity index (χ4v) is 1.31. The third kappa shape index (κ3) is 3.34. The predicted molar refractivity (Wildman–Crippen MR) is 62.2 cm³/mol. The minimum absolute atomic E-state index is 0.612. The first-order valence-electron chi connectivity index (χ1n) is 5.50. The second-order valence-corrected chi connectivity index (χ2v) is 3.24.